The molecule has 0 aliphatic heterocycles. The molecule has 2 aromatic rings. The molecular weight excluding hydrogens is 307 g/mol. The number of hydrogen-bond donors (Lipinski definition) is 2. The number of primary amides is 1. The lowest BCUT2D eigenvalue weighted by molar-refractivity contribution is -0.111. The fourth-order valence-electron chi connectivity index (χ4n) is 1.73. The smallest absolute Gasteiger partial charge is 0.248 e. The van der Waals surface area contributed by atoms with Gasteiger partial charge in [-0.15, -0.1) is 0 Å². The monoisotopic (exact) mass is 318 g/mol. The van der Waals surface area contributed by atoms with Crippen molar-refractivity contribution in [3.05, 3.63) is 70.5 Å². The zero-order chi connectivity index (χ0) is 16.1. The molecule has 22 heavy (non-hydrogen) atoms. The minimum Gasteiger partial charge on any atom is -0.366 e. The van der Waals surface area contributed by atoms with Crippen LogP contribution >= 0.6 is 11.6 Å². The highest BCUT2D eigenvalue weighted by Gasteiger charge is 2.05. The van der Waals surface area contributed by atoms with Gasteiger partial charge in [-0.3, -0.25) is 9.59 Å². The molecule has 6 heteroatoms. The summed E-state index contributed by atoms with van der Waals surface area (Å²) in [5.74, 6) is -1.51. The predicted octanol–water partition coefficient (Wildman–Crippen LogP) is 3.23. The van der Waals surface area contributed by atoms with E-state index in [0.717, 1.165) is 0 Å². The molecule has 0 radical (unpaired) electrons. The van der Waals surface area contributed by atoms with Crippen LogP contribution in [0.25, 0.3) is 6.08 Å². The third kappa shape index (κ3) is 3.93. The van der Waals surface area contributed by atoms with Crippen LogP contribution in [0.2, 0.25) is 5.02 Å². The average molecular weight is 319 g/mol. The minimum absolute atomic E-state index is 0.142. The average Bonchev–Trinajstić information content (AvgIpc) is 2.47. The molecule has 112 valence electrons. The summed E-state index contributed by atoms with van der Waals surface area (Å²) < 4.78 is 13.5. The fraction of sp³-hybridized carbons (Fsp3) is 0. The van der Waals surface area contributed by atoms with Crippen molar-refractivity contribution in [2.45, 2.75) is 0 Å². The Morgan fingerprint density at radius 2 is 1.82 bits per heavy atom. The van der Waals surface area contributed by atoms with Crippen LogP contribution in [-0.4, -0.2) is 11.8 Å². The predicted molar refractivity (Wildman–Crippen MR) is 84.0 cm³/mol. The van der Waals surface area contributed by atoms with E-state index >= 15 is 0 Å². The Hall–Kier alpha value is -2.66. The van der Waals surface area contributed by atoms with E-state index in [9.17, 15) is 14.0 Å². The van der Waals surface area contributed by atoms with Crippen molar-refractivity contribution in [1.29, 1.82) is 0 Å². The topological polar surface area (TPSA) is 72.2 Å². The van der Waals surface area contributed by atoms with Crippen LogP contribution in [-0.2, 0) is 4.79 Å². The number of benzene rings is 2. The highest BCUT2D eigenvalue weighted by atomic mass is 35.5. The minimum atomic E-state index is -0.549. The van der Waals surface area contributed by atoms with Gasteiger partial charge in [-0.05, 0) is 42.5 Å². The second kappa shape index (κ2) is 6.87. The quantitative estimate of drug-likeness (QED) is 0.849. The summed E-state index contributed by atoms with van der Waals surface area (Å²) in [4.78, 5) is 22.7. The van der Waals surface area contributed by atoms with Crippen molar-refractivity contribution in [3.63, 3.8) is 0 Å². The van der Waals surface area contributed by atoms with E-state index in [1.54, 1.807) is 12.1 Å². The van der Waals surface area contributed by atoms with Gasteiger partial charge >= 0.3 is 0 Å². The lowest BCUT2D eigenvalue weighted by Crippen LogP contribution is -2.11. The van der Waals surface area contributed by atoms with Crippen molar-refractivity contribution in [3.8, 4) is 0 Å². The molecule has 0 heterocycles. The molecule has 0 saturated heterocycles. The number of nitrogens with two attached hydrogens (primary N) is 1. The Labute approximate surface area is 131 Å². The normalized spacial score (nSPS) is 10.6. The van der Waals surface area contributed by atoms with E-state index in [4.69, 9.17) is 17.3 Å². The van der Waals surface area contributed by atoms with E-state index in [-0.39, 0.29) is 10.6 Å². The number of rotatable bonds is 4. The molecule has 0 aromatic heterocycles. The second-order valence-electron chi connectivity index (χ2n) is 4.40. The van der Waals surface area contributed by atoms with Gasteiger partial charge < -0.3 is 11.1 Å². The van der Waals surface area contributed by atoms with Crippen LogP contribution in [0.1, 0.15) is 15.9 Å². The van der Waals surface area contributed by atoms with Gasteiger partial charge in [-0.1, -0.05) is 17.7 Å². The first kappa shape index (κ1) is 15.7. The molecule has 4 nitrogen and oxygen atoms in total. The summed E-state index contributed by atoms with van der Waals surface area (Å²) >= 11 is 5.85. The van der Waals surface area contributed by atoms with E-state index in [1.807, 2.05) is 0 Å². The molecule has 0 fully saturated rings. The molecule has 0 spiro atoms. The molecule has 3 N–H and O–H groups in total. The van der Waals surface area contributed by atoms with Gasteiger partial charge in [0.1, 0.15) is 5.82 Å². The number of carbonyl (C=O) groups is 2. The Balaban J connectivity index is 2.06. The van der Waals surface area contributed by atoms with Crippen molar-refractivity contribution >= 4 is 35.2 Å². The molecule has 2 rings (SSSR count). The van der Waals surface area contributed by atoms with Gasteiger partial charge in [0.05, 0.1) is 5.02 Å². The molecule has 0 saturated carbocycles. The van der Waals surface area contributed by atoms with Crippen LogP contribution in [0, 0.1) is 5.82 Å². The maximum absolute atomic E-state index is 13.5. The summed E-state index contributed by atoms with van der Waals surface area (Å²) in [6.45, 7) is 0. The lowest BCUT2D eigenvalue weighted by Gasteiger charge is -2.03. The van der Waals surface area contributed by atoms with Gasteiger partial charge in [-0.25, -0.2) is 4.39 Å². The maximum Gasteiger partial charge on any atom is 0.248 e. The Kier molecular flexibility index (Phi) is 4.91. The SMILES string of the molecule is NC(=O)c1ccc(NC(=O)C=Cc2c(F)cccc2Cl)cc1. The van der Waals surface area contributed by atoms with Crippen LogP contribution < -0.4 is 11.1 Å². The molecule has 2 aromatic carbocycles. The zero-order valence-corrected chi connectivity index (χ0v) is 12.1. The molecule has 0 atom stereocenters. The highest BCUT2D eigenvalue weighted by Crippen LogP contribution is 2.20. The van der Waals surface area contributed by atoms with Crippen molar-refractivity contribution in [1.82, 2.24) is 0 Å². The Morgan fingerprint density at radius 3 is 2.41 bits per heavy atom. The van der Waals surface area contributed by atoms with Gasteiger partial charge in [0, 0.05) is 22.9 Å². The van der Waals surface area contributed by atoms with Crippen molar-refractivity contribution < 1.29 is 14.0 Å². The van der Waals surface area contributed by atoms with E-state index in [0.29, 0.717) is 11.3 Å². The summed E-state index contributed by atoms with van der Waals surface area (Å²) in [5.41, 5.74) is 6.09. The summed E-state index contributed by atoms with van der Waals surface area (Å²) in [6.07, 6.45) is 2.47. The second-order valence-corrected chi connectivity index (χ2v) is 4.81. The van der Waals surface area contributed by atoms with E-state index in [2.05, 4.69) is 5.32 Å². The van der Waals surface area contributed by atoms with Crippen LogP contribution in [0.15, 0.2) is 48.5 Å². The maximum atomic E-state index is 13.5. The van der Waals surface area contributed by atoms with Crippen molar-refractivity contribution in [2.75, 3.05) is 5.32 Å². The highest BCUT2D eigenvalue weighted by molar-refractivity contribution is 6.32. The van der Waals surface area contributed by atoms with E-state index < -0.39 is 17.6 Å². The molecule has 0 aliphatic carbocycles. The van der Waals surface area contributed by atoms with Crippen LogP contribution in [0.5, 0.6) is 0 Å². The standard InChI is InChI=1S/C16H12ClFN2O2/c17-13-2-1-3-14(18)12(13)8-9-15(21)20-11-6-4-10(5-7-11)16(19)22/h1-9H,(H2,19,22)(H,20,21). The van der Waals surface area contributed by atoms with Gasteiger partial charge in [0.2, 0.25) is 11.8 Å². The molecule has 0 unspecified atom stereocenters. The molecule has 0 bridgehead atoms. The summed E-state index contributed by atoms with van der Waals surface area (Å²) in [7, 11) is 0. The first-order valence-corrected chi connectivity index (χ1v) is 6.68. The van der Waals surface area contributed by atoms with Crippen molar-refractivity contribution in [2.24, 2.45) is 5.73 Å². The van der Waals surface area contributed by atoms with Gasteiger partial charge in [0.15, 0.2) is 0 Å². The van der Waals surface area contributed by atoms with Crippen LogP contribution in [0.3, 0.4) is 0 Å². The number of anilines is 1. The third-order valence-corrected chi connectivity index (χ3v) is 3.17. The Morgan fingerprint density at radius 1 is 1.14 bits per heavy atom. The number of hydrogen-bond acceptors (Lipinski definition) is 2. The van der Waals surface area contributed by atoms with Gasteiger partial charge in [0.25, 0.3) is 0 Å². The third-order valence-electron chi connectivity index (χ3n) is 2.84. The summed E-state index contributed by atoms with van der Waals surface area (Å²) in [6, 6.07) is 10.3. The number of halogens is 2. The largest absolute Gasteiger partial charge is 0.366 e. The lowest BCUT2D eigenvalue weighted by atomic mass is 10.2. The first-order valence-electron chi connectivity index (χ1n) is 6.30. The Bertz CT molecular complexity index is 722. The molecule has 0 aliphatic rings. The molecular formula is C16H12ClFN2O2. The number of amides is 2. The fourth-order valence-corrected chi connectivity index (χ4v) is 1.96. The van der Waals surface area contributed by atoms with Gasteiger partial charge in [-0.2, -0.15) is 0 Å². The number of carbonyl (C=O) groups excluding carboxylic acids is 2. The van der Waals surface area contributed by atoms with Crippen LogP contribution in [0.4, 0.5) is 10.1 Å². The van der Waals surface area contributed by atoms with E-state index in [1.165, 1.54) is 42.5 Å². The number of nitrogens with one attached hydrogen (secondary N) is 1. The molecule has 2 amide bonds. The zero-order valence-electron chi connectivity index (χ0n) is 11.3. The summed E-state index contributed by atoms with van der Waals surface area (Å²) in [5, 5.41) is 2.79. The first-order chi connectivity index (χ1) is 10.5.